The molecular formula is C15H18N4O. The molecule has 0 aliphatic heterocycles. The highest BCUT2D eigenvalue weighted by molar-refractivity contribution is 6.03. The van der Waals surface area contributed by atoms with Gasteiger partial charge in [-0.3, -0.25) is 4.79 Å². The van der Waals surface area contributed by atoms with Gasteiger partial charge in [0.2, 0.25) is 0 Å². The predicted octanol–water partition coefficient (Wildman–Crippen LogP) is 2.78. The second kappa shape index (κ2) is 6.14. The quantitative estimate of drug-likeness (QED) is 0.896. The summed E-state index contributed by atoms with van der Waals surface area (Å²) in [6.45, 7) is 6.73. The molecule has 1 aromatic heterocycles. The van der Waals surface area contributed by atoms with Crippen LogP contribution in [0.2, 0.25) is 0 Å². The van der Waals surface area contributed by atoms with Gasteiger partial charge < -0.3 is 10.6 Å². The Morgan fingerprint density at radius 2 is 2.00 bits per heavy atom. The molecule has 104 valence electrons. The van der Waals surface area contributed by atoms with Gasteiger partial charge in [-0.1, -0.05) is 12.1 Å². The number of carbonyl (C=O) groups excluding carboxylic acids is 1. The number of carbonyl (C=O) groups is 1. The topological polar surface area (TPSA) is 66.9 Å². The third-order valence-corrected chi connectivity index (χ3v) is 3.10. The summed E-state index contributed by atoms with van der Waals surface area (Å²) in [5.74, 6) is 0.407. The highest BCUT2D eigenvalue weighted by atomic mass is 16.1. The number of hydrogen-bond donors (Lipinski definition) is 2. The molecule has 2 aromatic rings. The maximum atomic E-state index is 12.1. The number of aryl methyl sites for hydroxylation is 1. The van der Waals surface area contributed by atoms with E-state index in [1.807, 2.05) is 39.0 Å². The van der Waals surface area contributed by atoms with Crippen LogP contribution in [-0.2, 0) is 0 Å². The number of aromatic nitrogens is 2. The first-order valence-corrected chi connectivity index (χ1v) is 6.55. The summed E-state index contributed by atoms with van der Waals surface area (Å²) in [7, 11) is 0. The first-order chi connectivity index (χ1) is 9.61. The zero-order chi connectivity index (χ0) is 14.5. The monoisotopic (exact) mass is 270 g/mol. The van der Waals surface area contributed by atoms with E-state index in [-0.39, 0.29) is 5.91 Å². The van der Waals surface area contributed by atoms with E-state index in [0.29, 0.717) is 11.5 Å². The summed E-state index contributed by atoms with van der Waals surface area (Å²) < 4.78 is 0. The van der Waals surface area contributed by atoms with E-state index in [1.54, 1.807) is 6.20 Å². The smallest absolute Gasteiger partial charge is 0.275 e. The van der Waals surface area contributed by atoms with Gasteiger partial charge in [-0.15, -0.1) is 0 Å². The molecular weight excluding hydrogens is 252 g/mol. The lowest BCUT2D eigenvalue weighted by molar-refractivity contribution is 0.102. The van der Waals surface area contributed by atoms with Crippen molar-refractivity contribution in [1.29, 1.82) is 0 Å². The first-order valence-electron chi connectivity index (χ1n) is 6.55. The minimum Gasteiger partial charge on any atom is -0.369 e. The number of nitrogens with zero attached hydrogens (tertiary/aromatic N) is 2. The summed E-state index contributed by atoms with van der Waals surface area (Å²) in [4.78, 5) is 20.4. The molecule has 0 saturated carbocycles. The van der Waals surface area contributed by atoms with E-state index in [1.165, 1.54) is 6.20 Å². The minimum absolute atomic E-state index is 0.255. The molecule has 0 radical (unpaired) electrons. The molecule has 0 unspecified atom stereocenters. The number of rotatable bonds is 4. The van der Waals surface area contributed by atoms with E-state index in [4.69, 9.17) is 0 Å². The molecule has 0 aliphatic carbocycles. The predicted molar refractivity (Wildman–Crippen MR) is 80.1 cm³/mol. The molecule has 2 N–H and O–H groups in total. The van der Waals surface area contributed by atoms with Gasteiger partial charge in [0.1, 0.15) is 11.5 Å². The lowest BCUT2D eigenvalue weighted by Gasteiger charge is -2.10. The van der Waals surface area contributed by atoms with Crippen LogP contribution in [0.25, 0.3) is 0 Å². The van der Waals surface area contributed by atoms with Crippen LogP contribution in [0.1, 0.15) is 28.5 Å². The van der Waals surface area contributed by atoms with Gasteiger partial charge in [0.05, 0.1) is 12.4 Å². The van der Waals surface area contributed by atoms with Crippen molar-refractivity contribution < 1.29 is 4.79 Å². The summed E-state index contributed by atoms with van der Waals surface area (Å²) in [5.41, 5.74) is 3.29. The number of hydrogen-bond acceptors (Lipinski definition) is 4. The van der Waals surface area contributed by atoms with Crippen LogP contribution in [-0.4, -0.2) is 22.4 Å². The number of nitrogens with one attached hydrogen (secondary N) is 2. The second-order valence-corrected chi connectivity index (χ2v) is 4.52. The fraction of sp³-hybridized carbons (Fsp3) is 0.267. The highest BCUT2D eigenvalue weighted by Gasteiger charge is 2.10. The summed E-state index contributed by atoms with van der Waals surface area (Å²) >= 11 is 0. The van der Waals surface area contributed by atoms with E-state index < -0.39 is 0 Å². The van der Waals surface area contributed by atoms with E-state index in [2.05, 4.69) is 20.6 Å². The SMILES string of the molecule is CCNc1cnc(C(=O)Nc2cccc(C)c2C)cn1. The molecule has 1 aromatic carbocycles. The van der Waals surface area contributed by atoms with Crippen molar-refractivity contribution in [3.05, 3.63) is 47.4 Å². The summed E-state index contributed by atoms with van der Waals surface area (Å²) in [6, 6.07) is 5.80. The first kappa shape index (κ1) is 14.0. The van der Waals surface area contributed by atoms with Crippen molar-refractivity contribution in [1.82, 2.24) is 9.97 Å². The van der Waals surface area contributed by atoms with Crippen LogP contribution in [0, 0.1) is 13.8 Å². The average Bonchev–Trinajstić information content (AvgIpc) is 2.45. The Balaban J connectivity index is 2.13. The molecule has 0 saturated heterocycles. The second-order valence-electron chi connectivity index (χ2n) is 4.52. The summed E-state index contributed by atoms with van der Waals surface area (Å²) in [5, 5.41) is 5.89. The normalized spacial score (nSPS) is 10.2. The van der Waals surface area contributed by atoms with E-state index >= 15 is 0 Å². The minimum atomic E-state index is -0.255. The Morgan fingerprint density at radius 1 is 1.20 bits per heavy atom. The summed E-state index contributed by atoms with van der Waals surface area (Å²) in [6.07, 6.45) is 3.03. The third-order valence-electron chi connectivity index (χ3n) is 3.10. The molecule has 0 fully saturated rings. The van der Waals surface area contributed by atoms with Crippen molar-refractivity contribution in [3.63, 3.8) is 0 Å². The Bertz CT molecular complexity index is 608. The van der Waals surface area contributed by atoms with Gasteiger partial charge in [-0.25, -0.2) is 9.97 Å². The highest BCUT2D eigenvalue weighted by Crippen LogP contribution is 2.18. The van der Waals surface area contributed by atoms with Gasteiger partial charge in [0.25, 0.3) is 5.91 Å². The van der Waals surface area contributed by atoms with Crippen molar-refractivity contribution in [2.24, 2.45) is 0 Å². The standard InChI is InChI=1S/C15H18N4O/c1-4-16-14-9-17-13(8-18-14)15(20)19-12-7-5-6-10(2)11(12)3/h5-9H,4H2,1-3H3,(H,16,18)(H,19,20). The van der Waals surface area contributed by atoms with Gasteiger partial charge in [0, 0.05) is 12.2 Å². The third kappa shape index (κ3) is 3.12. The Kier molecular flexibility index (Phi) is 4.30. The largest absolute Gasteiger partial charge is 0.369 e. The molecule has 20 heavy (non-hydrogen) atoms. The van der Waals surface area contributed by atoms with Crippen molar-refractivity contribution in [2.45, 2.75) is 20.8 Å². The Hall–Kier alpha value is -2.43. The molecule has 2 rings (SSSR count). The van der Waals surface area contributed by atoms with Crippen LogP contribution in [0.15, 0.2) is 30.6 Å². The van der Waals surface area contributed by atoms with E-state index in [0.717, 1.165) is 23.4 Å². The molecule has 0 aliphatic rings. The van der Waals surface area contributed by atoms with Gasteiger partial charge in [0.15, 0.2) is 0 Å². The molecule has 5 heteroatoms. The number of benzene rings is 1. The van der Waals surface area contributed by atoms with Gasteiger partial charge in [-0.05, 0) is 38.0 Å². The molecule has 5 nitrogen and oxygen atoms in total. The number of anilines is 2. The fourth-order valence-corrected chi connectivity index (χ4v) is 1.79. The molecule has 1 heterocycles. The maximum absolute atomic E-state index is 12.1. The van der Waals surface area contributed by atoms with Crippen LogP contribution in [0.3, 0.4) is 0 Å². The van der Waals surface area contributed by atoms with Crippen molar-refractivity contribution >= 4 is 17.4 Å². The number of amides is 1. The van der Waals surface area contributed by atoms with Crippen LogP contribution in [0.4, 0.5) is 11.5 Å². The lowest BCUT2D eigenvalue weighted by Crippen LogP contribution is -2.15. The molecule has 1 amide bonds. The van der Waals surface area contributed by atoms with Crippen molar-refractivity contribution in [2.75, 3.05) is 17.2 Å². The fourth-order valence-electron chi connectivity index (χ4n) is 1.79. The molecule has 0 spiro atoms. The van der Waals surface area contributed by atoms with Crippen LogP contribution >= 0.6 is 0 Å². The zero-order valence-corrected chi connectivity index (χ0v) is 11.9. The Labute approximate surface area is 118 Å². The lowest BCUT2D eigenvalue weighted by atomic mass is 10.1. The molecule has 0 bridgehead atoms. The van der Waals surface area contributed by atoms with Crippen LogP contribution in [0.5, 0.6) is 0 Å². The van der Waals surface area contributed by atoms with E-state index in [9.17, 15) is 4.79 Å². The molecule has 0 atom stereocenters. The Morgan fingerprint density at radius 3 is 2.65 bits per heavy atom. The van der Waals surface area contributed by atoms with Crippen LogP contribution < -0.4 is 10.6 Å². The zero-order valence-electron chi connectivity index (χ0n) is 11.9. The van der Waals surface area contributed by atoms with Crippen molar-refractivity contribution in [3.8, 4) is 0 Å². The van der Waals surface area contributed by atoms with Gasteiger partial charge >= 0.3 is 0 Å². The maximum Gasteiger partial charge on any atom is 0.275 e. The average molecular weight is 270 g/mol. The van der Waals surface area contributed by atoms with Gasteiger partial charge in [-0.2, -0.15) is 0 Å².